The summed E-state index contributed by atoms with van der Waals surface area (Å²) in [5.74, 6) is -0.957. The van der Waals surface area contributed by atoms with Gasteiger partial charge < -0.3 is 14.9 Å². The lowest BCUT2D eigenvalue weighted by molar-refractivity contribution is -0.147. The van der Waals surface area contributed by atoms with Crippen molar-refractivity contribution in [1.29, 1.82) is 0 Å². The van der Waals surface area contributed by atoms with Crippen LogP contribution in [0.2, 0.25) is 0 Å². The van der Waals surface area contributed by atoms with Crippen LogP contribution < -0.4 is 0 Å². The number of amides is 2. The number of carbonyl (C=O) groups is 2. The third kappa shape index (κ3) is 3.01. The Kier molecular flexibility index (Phi) is 4.49. The van der Waals surface area contributed by atoms with E-state index >= 15 is 0 Å². The van der Waals surface area contributed by atoms with Gasteiger partial charge in [-0.05, 0) is 51.9 Å². The topological polar surface area (TPSA) is 60.9 Å². The Hall–Kier alpha value is -1.26. The summed E-state index contributed by atoms with van der Waals surface area (Å²) in [6, 6.07) is -0.127. The second-order valence-electron chi connectivity index (χ2n) is 7.09. The van der Waals surface area contributed by atoms with Gasteiger partial charge in [0.1, 0.15) is 5.54 Å². The first-order valence-corrected chi connectivity index (χ1v) is 8.12. The number of hydrogen-bond acceptors (Lipinski definition) is 2. The molecule has 120 valence electrons. The lowest BCUT2D eigenvalue weighted by atomic mass is 9.77. The fourth-order valence-corrected chi connectivity index (χ4v) is 3.85. The van der Waals surface area contributed by atoms with Crippen molar-refractivity contribution in [1.82, 2.24) is 9.80 Å². The molecule has 2 aliphatic rings. The number of likely N-dealkylation sites (N-methyl/N-ethyl adjacent to an activating group) is 1. The normalized spacial score (nSPS) is 21.6. The van der Waals surface area contributed by atoms with Crippen molar-refractivity contribution in [2.45, 2.75) is 64.8 Å². The number of nitrogens with zero attached hydrogens (tertiary/aromatic N) is 2. The minimum absolute atomic E-state index is 0.127. The first kappa shape index (κ1) is 16.1. The van der Waals surface area contributed by atoms with Crippen molar-refractivity contribution in [2.24, 2.45) is 5.41 Å². The largest absolute Gasteiger partial charge is 0.480 e. The smallest absolute Gasteiger partial charge is 0.329 e. The number of carboxylic acids is 1. The van der Waals surface area contributed by atoms with E-state index in [1.807, 2.05) is 11.8 Å². The van der Waals surface area contributed by atoms with E-state index in [0.29, 0.717) is 12.0 Å². The molecule has 0 aromatic rings. The van der Waals surface area contributed by atoms with Crippen molar-refractivity contribution in [3.05, 3.63) is 0 Å². The molecule has 0 atom stereocenters. The Balaban J connectivity index is 2.01. The maximum atomic E-state index is 12.7. The average molecular weight is 296 g/mol. The molecule has 5 heteroatoms. The lowest BCUT2D eigenvalue weighted by Gasteiger charge is -2.43. The number of aliphatic carboxylic acids is 1. The molecule has 0 radical (unpaired) electrons. The van der Waals surface area contributed by atoms with Crippen LogP contribution in [-0.4, -0.2) is 52.1 Å². The third-order valence-corrected chi connectivity index (χ3v) is 5.50. The molecule has 2 rings (SSSR count). The first-order chi connectivity index (χ1) is 9.82. The van der Waals surface area contributed by atoms with Crippen LogP contribution in [0.25, 0.3) is 0 Å². The molecule has 1 N–H and O–H groups in total. The predicted molar refractivity (Wildman–Crippen MR) is 81.2 cm³/mol. The molecule has 21 heavy (non-hydrogen) atoms. The Bertz CT molecular complexity index is 404. The van der Waals surface area contributed by atoms with Gasteiger partial charge in [0.2, 0.25) is 0 Å². The molecule has 1 aliphatic heterocycles. The van der Waals surface area contributed by atoms with Crippen LogP contribution in [0.1, 0.15) is 59.3 Å². The van der Waals surface area contributed by atoms with Gasteiger partial charge in [0.15, 0.2) is 0 Å². The van der Waals surface area contributed by atoms with Gasteiger partial charge in [-0.15, -0.1) is 0 Å². The van der Waals surface area contributed by atoms with Crippen molar-refractivity contribution in [2.75, 3.05) is 19.6 Å². The maximum absolute atomic E-state index is 12.7. The highest BCUT2D eigenvalue weighted by molar-refractivity contribution is 5.85. The molecule has 1 aliphatic carbocycles. The number of carboxylic acid groups (broad SMARTS) is 1. The molecule has 2 amide bonds. The summed E-state index contributed by atoms with van der Waals surface area (Å²) in [5.41, 5.74) is -0.690. The molecule has 5 nitrogen and oxygen atoms in total. The highest BCUT2D eigenvalue weighted by Crippen LogP contribution is 2.46. The van der Waals surface area contributed by atoms with Crippen LogP contribution in [0.5, 0.6) is 0 Å². The van der Waals surface area contributed by atoms with E-state index in [9.17, 15) is 14.7 Å². The molecule has 0 aromatic heterocycles. The third-order valence-electron chi connectivity index (χ3n) is 5.50. The zero-order valence-corrected chi connectivity index (χ0v) is 13.5. The number of piperidine rings is 1. The van der Waals surface area contributed by atoms with Crippen molar-refractivity contribution < 1.29 is 14.7 Å². The minimum atomic E-state index is -1.16. The van der Waals surface area contributed by atoms with Gasteiger partial charge in [0, 0.05) is 19.6 Å². The van der Waals surface area contributed by atoms with E-state index in [-0.39, 0.29) is 6.03 Å². The number of carbonyl (C=O) groups excluding carboxylic acids is 1. The minimum Gasteiger partial charge on any atom is -0.480 e. The number of likely N-dealkylation sites (tertiary alicyclic amines) is 1. The summed E-state index contributed by atoms with van der Waals surface area (Å²) in [4.78, 5) is 27.4. The molecule has 1 heterocycles. The predicted octanol–water partition coefficient (Wildman–Crippen LogP) is 2.95. The number of rotatable bonds is 3. The van der Waals surface area contributed by atoms with Crippen molar-refractivity contribution in [3.63, 3.8) is 0 Å². The lowest BCUT2D eigenvalue weighted by Crippen LogP contribution is -2.58. The van der Waals surface area contributed by atoms with Crippen LogP contribution in [-0.2, 0) is 4.79 Å². The molecule has 0 unspecified atom stereocenters. The Morgan fingerprint density at radius 2 is 1.67 bits per heavy atom. The molecule has 0 aromatic carbocycles. The standard InChI is InChI=1S/C16H28N2O3/c1-4-18(15(2,3)13(19)20)14(21)17-11-9-16(10-12-17)7-5-6-8-16/h4-12H2,1-3H3,(H,19,20). The number of hydrogen-bond donors (Lipinski definition) is 1. The number of urea groups is 1. The van der Waals surface area contributed by atoms with Crippen LogP contribution in [0.15, 0.2) is 0 Å². The summed E-state index contributed by atoms with van der Waals surface area (Å²) >= 11 is 0. The Morgan fingerprint density at radius 3 is 2.10 bits per heavy atom. The Labute approximate surface area is 127 Å². The molecular formula is C16H28N2O3. The highest BCUT2D eigenvalue weighted by atomic mass is 16.4. The van der Waals surface area contributed by atoms with E-state index in [1.165, 1.54) is 30.6 Å². The maximum Gasteiger partial charge on any atom is 0.329 e. The van der Waals surface area contributed by atoms with E-state index in [2.05, 4.69) is 0 Å². The van der Waals surface area contributed by atoms with Crippen molar-refractivity contribution in [3.8, 4) is 0 Å². The van der Waals surface area contributed by atoms with Crippen LogP contribution in [0.3, 0.4) is 0 Å². The first-order valence-electron chi connectivity index (χ1n) is 8.12. The quantitative estimate of drug-likeness (QED) is 0.871. The second-order valence-corrected chi connectivity index (χ2v) is 7.09. The van der Waals surface area contributed by atoms with Crippen molar-refractivity contribution >= 4 is 12.0 Å². The van der Waals surface area contributed by atoms with E-state index in [4.69, 9.17) is 0 Å². The van der Waals surface area contributed by atoms with E-state index < -0.39 is 11.5 Å². The van der Waals surface area contributed by atoms with Crippen LogP contribution in [0.4, 0.5) is 4.79 Å². The Morgan fingerprint density at radius 1 is 1.14 bits per heavy atom. The summed E-state index contributed by atoms with van der Waals surface area (Å²) < 4.78 is 0. The fourth-order valence-electron chi connectivity index (χ4n) is 3.85. The van der Waals surface area contributed by atoms with E-state index in [0.717, 1.165) is 25.9 Å². The second kappa shape index (κ2) is 5.85. The van der Waals surface area contributed by atoms with Gasteiger partial charge >= 0.3 is 12.0 Å². The molecule has 1 spiro atoms. The SMILES string of the molecule is CCN(C(=O)N1CCC2(CCCC2)CC1)C(C)(C)C(=O)O. The zero-order valence-electron chi connectivity index (χ0n) is 13.5. The fraction of sp³-hybridized carbons (Fsp3) is 0.875. The average Bonchev–Trinajstić information content (AvgIpc) is 2.88. The van der Waals surface area contributed by atoms with Gasteiger partial charge in [0.05, 0.1) is 0 Å². The molecule has 1 saturated heterocycles. The van der Waals surface area contributed by atoms with Gasteiger partial charge in [0.25, 0.3) is 0 Å². The zero-order chi connectivity index (χ0) is 15.7. The summed E-state index contributed by atoms with van der Waals surface area (Å²) in [5, 5.41) is 9.35. The molecule has 0 bridgehead atoms. The summed E-state index contributed by atoms with van der Waals surface area (Å²) in [7, 11) is 0. The highest BCUT2D eigenvalue weighted by Gasteiger charge is 2.42. The van der Waals surface area contributed by atoms with Gasteiger partial charge in [-0.3, -0.25) is 0 Å². The molecular weight excluding hydrogens is 268 g/mol. The van der Waals surface area contributed by atoms with Gasteiger partial charge in [-0.25, -0.2) is 9.59 Å². The summed E-state index contributed by atoms with van der Waals surface area (Å²) in [6.07, 6.45) is 7.38. The van der Waals surface area contributed by atoms with Crippen LogP contribution >= 0.6 is 0 Å². The van der Waals surface area contributed by atoms with Gasteiger partial charge in [-0.1, -0.05) is 12.8 Å². The molecule has 2 fully saturated rings. The van der Waals surface area contributed by atoms with Crippen LogP contribution in [0, 0.1) is 5.41 Å². The molecule has 1 saturated carbocycles. The summed E-state index contributed by atoms with van der Waals surface area (Å²) in [6.45, 7) is 6.99. The van der Waals surface area contributed by atoms with Gasteiger partial charge in [-0.2, -0.15) is 0 Å². The van der Waals surface area contributed by atoms with E-state index in [1.54, 1.807) is 13.8 Å². The monoisotopic (exact) mass is 296 g/mol.